The normalized spacial score (nSPS) is 14.9. The maximum Gasteiger partial charge on any atom is 0.246 e. The molecule has 1 heterocycles. The number of nitrogens with one attached hydrogen (secondary N) is 1. The van der Waals surface area contributed by atoms with Crippen LogP contribution in [0.2, 0.25) is 0 Å². The molecule has 6 nitrogen and oxygen atoms in total. The number of H-pyrrole nitrogens is 1. The predicted molar refractivity (Wildman–Crippen MR) is 75.1 cm³/mol. The molecule has 1 unspecified atom stereocenters. The van der Waals surface area contributed by atoms with Crippen molar-refractivity contribution in [2.24, 2.45) is 11.1 Å². The third-order valence-electron chi connectivity index (χ3n) is 3.59. The molecular formula is C12H24N4O2S. The molecule has 0 aromatic carbocycles. The van der Waals surface area contributed by atoms with Gasteiger partial charge in [0, 0.05) is 19.6 Å². The van der Waals surface area contributed by atoms with Crippen molar-refractivity contribution in [3.8, 4) is 0 Å². The second-order valence-electron chi connectivity index (χ2n) is 5.89. The molecule has 0 spiro atoms. The molecule has 1 aromatic heterocycles. The van der Waals surface area contributed by atoms with Crippen LogP contribution in [0, 0.1) is 12.3 Å². The molecule has 0 bridgehead atoms. The summed E-state index contributed by atoms with van der Waals surface area (Å²) >= 11 is 0. The number of nitrogens with zero attached hydrogens (tertiary/aromatic N) is 2. The van der Waals surface area contributed by atoms with E-state index in [9.17, 15) is 8.42 Å². The smallest absolute Gasteiger partial charge is 0.246 e. The van der Waals surface area contributed by atoms with Gasteiger partial charge in [-0.05, 0) is 19.3 Å². The number of aromatic nitrogens is 2. The minimum absolute atomic E-state index is 0.0939. The molecule has 0 saturated heterocycles. The topological polar surface area (TPSA) is 92.1 Å². The van der Waals surface area contributed by atoms with Crippen molar-refractivity contribution >= 4 is 10.0 Å². The Bertz CT molecular complexity index is 543. The Morgan fingerprint density at radius 3 is 2.37 bits per heavy atom. The predicted octanol–water partition coefficient (Wildman–Crippen LogP) is 1.23. The quantitative estimate of drug-likeness (QED) is 0.871. The maximum absolute atomic E-state index is 12.7. The third-order valence-corrected chi connectivity index (χ3v) is 5.72. The lowest BCUT2D eigenvalue weighted by Gasteiger charge is -2.34. The van der Waals surface area contributed by atoms with Crippen molar-refractivity contribution in [1.29, 1.82) is 0 Å². The lowest BCUT2D eigenvalue weighted by molar-refractivity contribution is 0.216. The Hall–Kier alpha value is -0.920. The van der Waals surface area contributed by atoms with Crippen LogP contribution in [0.15, 0.2) is 4.90 Å². The molecule has 7 heteroatoms. The third kappa shape index (κ3) is 2.98. The maximum atomic E-state index is 12.7. The summed E-state index contributed by atoms with van der Waals surface area (Å²) in [5.41, 5.74) is 6.31. The number of hydrogen-bond acceptors (Lipinski definition) is 4. The Labute approximate surface area is 115 Å². The van der Waals surface area contributed by atoms with Crippen molar-refractivity contribution in [2.75, 3.05) is 7.05 Å². The molecule has 0 aliphatic rings. The van der Waals surface area contributed by atoms with E-state index in [1.165, 1.54) is 4.31 Å². The van der Waals surface area contributed by atoms with E-state index < -0.39 is 10.0 Å². The fraction of sp³-hybridized carbons (Fsp3) is 0.750. The van der Waals surface area contributed by atoms with Gasteiger partial charge in [0.25, 0.3) is 0 Å². The van der Waals surface area contributed by atoms with E-state index in [0.29, 0.717) is 11.4 Å². The van der Waals surface area contributed by atoms with Crippen LogP contribution < -0.4 is 5.73 Å². The average molecular weight is 288 g/mol. The standard InChI is InChI=1S/C12H24N4O2S/c1-8-11(10(7-13)15-14-8)19(17,18)16(6)9(2)12(3,4)5/h9H,7,13H2,1-6H3,(H,14,15). The zero-order valence-electron chi connectivity index (χ0n) is 12.5. The Morgan fingerprint density at radius 1 is 1.42 bits per heavy atom. The van der Waals surface area contributed by atoms with Gasteiger partial charge in [-0.3, -0.25) is 5.10 Å². The van der Waals surface area contributed by atoms with E-state index in [2.05, 4.69) is 10.2 Å². The molecule has 0 aliphatic carbocycles. The zero-order chi connectivity index (χ0) is 15.0. The number of hydrogen-bond donors (Lipinski definition) is 2. The summed E-state index contributed by atoms with van der Waals surface area (Å²) in [4.78, 5) is 0.202. The minimum atomic E-state index is -3.59. The van der Waals surface area contributed by atoms with E-state index >= 15 is 0 Å². The average Bonchev–Trinajstić information content (AvgIpc) is 2.67. The second-order valence-corrected chi connectivity index (χ2v) is 7.83. The monoisotopic (exact) mass is 288 g/mol. The number of aryl methyl sites for hydroxylation is 1. The van der Waals surface area contributed by atoms with Crippen molar-refractivity contribution in [2.45, 2.75) is 52.1 Å². The fourth-order valence-corrected chi connectivity index (χ4v) is 3.73. The van der Waals surface area contributed by atoms with Gasteiger partial charge in [-0.2, -0.15) is 9.40 Å². The first-order chi connectivity index (χ1) is 8.53. The van der Waals surface area contributed by atoms with Gasteiger partial charge in [0.05, 0.1) is 11.4 Å². The fourth-order valence-electron chi connectivity index (χ4n) is 1.85. The van der Waals surface area contributed by atoms with E-state index in [4.69, 9.17) is 5.73 Å². The molecular weight excluding hydrogens is 264 g/mol. The van der Waals surface area contributed by atoms with Crippen LogP contribution in [0.5, 0.6) is 0 Å². The highest BCUT2D eigenvalue weighted by atomic mass is 32.2. The summed E-state index contributed by atoms with van der Waals surface area (Å²) in [6.07, 6.45) is 0. The largest absolute Gasteiger partial charge is 0.325 e. The summed E-state index contributed by atoms with van der Waals surface area (Å²) in [5.74, 6) is 0. The second kappa shape index (κ2) is 5.22. The molecule has 1 aromatic rings. The highest BCUT2D eigenvalue weighted by molar-refractivity contribution is 7.89. The first-order valence-electron chi connectivity index (χ1n) is 6.25. The van der Waals surface area contributed by atoms with Crippen molar-refractivity contribution in [1.82, 2.24) is 14.5 Å². The molecule has 0 aliphatic heterocycles. The molecule has 1 rings (SSSR count). The lowest BCUT2D eigenvalue weighted by atomic mass is 9.88. The van der Waals surface area contributed by atoms with Gasteiger partial charge in [-0.25, -0.2) is 8.42 Å². The molecule has 0 fully saturated rings. The van der Waals surface area contributed by atoms with Crippen LogP contribution in [0.25, 0.3) is 0 Å². The summed E-state index contributed by atoms with van der Waals surface area (Å²) in [6, 6.07) is -0.141. The number of nitrogens with two attached hydrogens (primary N) is 1. The summed E-state index contributed by atoms with van der Waals surface area (Å²) in [5, 5.41) is 6.64. The van der Waals surface area contributed by atoms with Crippen LogP contribution in [0.1, 0.15) is 39.1 Å². The highest BCUT2D eigenvalue weighted by Gasteiger charge is 2.35. The molecule has 0 radical (unpaired) electrons. The van der Waals surface area contributed by atoms with E-state index in [1.54, 1.807) is 14.0 Å². The van der Waals surface area contributed by atoms with Crippen LogP contribution in [-0.4, -0.2) is 36.0 Å². The number of rotatable bonds is 4. The van der Waals surface area contributed by atoms with Crippen molar-refractivity contribution < 1.29 is 8.42 Å². The Balaban J connectivity index is 3.28. The van der Waals surface area contributed by atoms with Gasteiger partial charge in [-0.15, -0.1) is 0 Å². The zero-order valence-corrected chi connectivity index (χ0v) is 13.3. The van der Waals surface area contributed by atoms with E-state index in [1.807, 2.05) is 27.7 Å². The first kappa shape index (κ1) is 16.1. The molecule has 19 heavy (non-hydrogen) atoms. The van der Waals surface area contributed by atoms with Crippen molar-refractivity contribution in [3.63, 3.8) is 0 Å². The van der Waals surface area contributed by atoms with Crippen LogP contribution in [0.4, 0.5) is 0 Å². The first-order valence-corrected chi connectivity index (χ1v) is 7.69. The van der Waals surface area contributed by atoms with E-state index in [0.717, 1.165) is 0 Å². The van der Waals surface area contributed by atoms with Crippen LogP contribution in [-0.2, 0) is 16.6 Å². The van der Waals surface area contributed by atoms with Crippen molar-refractivity contribution in [3.05, 3.63) is 11.4 Å². The Morgan fingerprint density at radius 2 is 1.95 bits per heavy atom. The van der Waals surface area contributed by atoms with E-state index in [-0.39, 0.29) is 22.9 Å². The summed E-state index contributed by atoms with van der Waals surface area (Å²) in [7, 11) is -2.00. The summed E-state index contributed by atoms with van der Waals surface area (Å²) in [6.45, 7) is 9.71. The molecule has 1 atom stereocenters. The lowest BCUT2D eigenvalue weighted by Crippen LogP contribution is -2.43. The molecule has 3 N–H and O–H groups in total. The van der Waals surface area contributed by atoms with Gasteiger partial charge in [0.15, 0.2) is 0 Å². The van der Waals surface area contributed by atoms with Gasteiger partial charge in [0.2, 0.25) is 10.0 Å². The summed E-state index contributed by atoms with van der Waals surface area (Å²) < 4.78 is 26.8. The molecule has 0 saturated carbocycles. The van der Waals surface area contributed by atoms with Gasteiger partial charge >= 0.3 is 0 Å². The highest BCUT2D eigenvalue weighted by Crippen LogP contribution is 2.29. The molecule has 0 amide bonds. The molecule has 110 valence electrons. The van der Waals surface area contributed by atoms with Gasteiger partial charge < -0.3 is 5.73 Å². The number of aromatic amines is 1. The minimum Gasteiger partial charge on any atom is -0.325 e. The Kier molecular flexibility index (Phi) is 4.44. The van der Waals surface area contributed by atoms with Crippen LogP contribution in [0.3, 0.4) is 0 Å². The van der Waals surface area contributed by atoms with Crippen LogP contribution >= 0.6 is 0 Å². The van der Waals surface area contributed by atoms with Gasteiger partial charge in [-0.1, -0.05) is 20.8 Å². The van der Waals surface area contributed by atoms with Gasteiger partial charge in [0.1, 0.15) is 4.90 Å². The number of sulfonamides is 1. The SMILES string of the molecule is Cc1[nH]nc(CN)c1S(=O)(=O)N(C)C(C)C(C)(C)C.